The first kappa shape index (κ1) is 21.1. The molecule has 2 nitrogen and oxygen atoms in total. The van der Waals surface area contributed by atoms with Gasteiger partial charge in [-0.25, -0.2) is 0 Å². The van der Waals surface area contributed by atoms with Gasteiger partial charge in [0, 0.05) is 37.8 Å². The van der Waals surface area contributed by atoms with Crippen molar-refractivity contribution in [3.8, 4) is 0 Å². The van der Waals surface area contributed by atoms with Crippen molar-refractivity contribution in [2.45, 2.75) is 5.66 Å². The fourth-order valence-corrected chi connectivity index (χ4v) is 7.94. The van der Waals surface area contributed by atoms with Gasteiger partial charge in [-0.15, -0.1) is 0 Å². The predicted octanol–water partition coefficient (Wildman–Crippen LogP) is 7.58. The van der Waals surface area contributed by atoms with Crippen LogP contribution in [0.3, 0.4) is 0 Å². The van der Waals surface area contributed by atoms with Crippen molar-refractivity contribution in [1.82, 2.24) is 4.98 Å². The Hall–Kier alpha value is -2.77. The molecule has 0 fully saturated rings. The van der Waals surface area contributed by atoms with Crippen LogP contribution in [0.4, 0.5) is 0 Å². The van der Waals surface area contributed by atoms with Gasteiger partial charge < -0.3 is 9.55 Å². The number of aromatic amines is 1. The number of aromatic nitrogens is 1. The molecule has 0 aliphatic heterocycles. The highest BCUT2D eigenvalue weighted by Crippen LogP contribution is 2.61. The van der Waals surface area contributed by atoms with E-state index in [2.05, 4.69) is 4.98 Å². The van der Waals surface area contributed by atoms with Gasteiger partial charge in [0.1, 0.15) is 0 Å². The Balaban J connectivity index is 1.86. The van der Waals surface area contributed by atoms with E-state index in [0.29, 0.717) is 10.0 Å². The van der Waals surface area contributed by atoms with Crippen LogP contribution >= 0.6 is 30.3 Å². The summed E-state index contributed by atoms with van der Waals surface area (Å²) in [4.78, 5) is 3.35. The number of hydrogen-bond donors (Lipinski definition) is 1. The molecule has 32 heavy (non-hydrogen) atoms. The minimum absolute atomic E-state index is 0.420. The summed E-state index contributed by atoms with van der Waals surface area (Å²) in [6.45, 7) is 0. The van der Waals surface area contributed by atoms with Crippen molar-refractivity contribution in [1.29, 1.82) is 0 Å². The Labute approximate surface area is 197 Å². The highest BCUT2D eigenvalue weighted by Gasteiger charge is 2.40. The van der Waals surface area contributed by atoms with Crippen LogP contribution in [-0.4, -0.2) is 4.98 Å². The van der Waals surface area contributed by atoms with Gasteiger partial charge in [0.25, 0.3) is 0 Å². The van der Waals surface area contributed by atoms with Crippen molar-refractivity contribution in [3.05, 3.63) is 130 Å². The molecular formula is C27H20Cl2NOP. The topological polar surface area (TPSA) is 32.9 Å². The number of H-pyrrole nitrogens is 1. The molecule has 1 heterocycles. The zero-order chi connectivity index (χ0) is 22.1. The average Bonchev–Trinajstić information content (AvgIpc) is 3.24. The second kappa shape index (κ2) is 8.64. The summed E-state index contributed by atoms with van der Waals surface area (Å²) in [7, 11) is -3.19. The lowest BCUT2D eigenvalue weighted by Crippen LogP contribution is -2.22. The van der Waals surface area contributed by atoms with Gasteiger partial charge in [-0.2, -0.15) is 0 Å². The number of halogens is 2. The molecule has 5 rings (SSSR count). The zero-order valence-corrected chi connectivity index (χ0v) is 19.5. The third-order valence-corrected chi connectivity index (χ3v) is 9.72. The fourth-order valence-electron chi connectivity index (χ4n) is 4.32. The molecule has 5 heteroatoms. The van der Waals surface area contributed by atoms with E-state index in [1.165, 1.54) is 0 Å². The van der Waals surface area contributed by atoms with Crippen LogP contribution in [-0.2, 0) is 4.57 Å². The average molecular weight is 476 g/mol. The molecule has 0 bridgehead atoms. The molecule has 158 valence electrons. The summed E-state index contributed by atoms with van der Waals surface area (Å²) in [6, 6.07) is 32.9. The van der Waals surface area contributed by atoms with E-state index in [4.69, 9.17) is 23.2 Å². The zero-order valence-electron chi connectivity index (χ0n) is 17.1. The van der Waals surface area contributed by atoms with E-state index in [9.17, 15) is 0 Å². The van der Waals surface area contributed by atoms with Gasteiger partial charge in [-0.1, -0.05) is 96.0 Å². The Kier molecular flexibility index (Phi) is 5.69. The molecular weight excluding hydrogens is 456 g/mol. The summed E-state index contributed by atoms with van der Waals surface area (Å²) in [5, 5.41) is 3.86. The Morgan fingerprint density at radius 3 is 1.84 bits per heavy atom. The number of fused-ring (bicyclic) bond motifs is 1. The normalized spacial score (nSPS) is 12.7. The summed E-state index contributed by atoms with van der Waals surface area (Å²) in [5.74, 6) is 0. The number of nitrogens with one attached hydrogen (secondary N) is 1. The SMILES string of the molecule is O=P(c1ccccc1)(c1ccccc1)[C@H](c1ccc(Cl)cc1)c1c[nH]c2ccc(Cl)cc12. The van der Waals surface area contributed by atoms with Gasteiger partial charge in [-0.3, -0.25) is 0 Å². The molecule has 1 N–H and O–H groups in total. The van der Waals surface area contributed by atoms with Crippen LogP contribution in [0.15, 0.2) is 109 Å². The van der Waals surface area contributed by atoms with Gasteiger partial charge in [-0.05, 0) is 41.5 Å². The lowest BCUT2D eigenvalue weighted by Gasteiger charge is -2.29. The maximum absolute atomic E-state index is 15.3. The fraction of sp³-hybridized carbons (Fsp3) is 0.0370. The number of hydrogen-bond acceptors (Lipinski definition) is 1. The lowest BCUT2D eigenvalue weighted by molar-refractivity contribution is 0.583. The van der Waals surface area contributed by atoms with E-state index in [0.717, 1.165) is 32.6 Å². The first-order valence-corrected chi connectivity index (χ1v) is 12.8. The van der Waals surface area contributed by atoms with Gasteiger partial charge in [0.2, 0.25) is 0 Å². The Morgan fingerprint density at radius 2 is 1.25 bits per heavy atom. The minimum Gasteiger partial charge on any atom is -0.361 e. The van der Waals surface area contributed by atoms with Crippen LogP contribution in [0.1, 0.15) is 16.8 Å². The highest BCUT2D eigenvalue weighted by atomic mass is 35.5. The van der Waals surface area contributed by atoms with E-state index in [-0.39, 0.29) is 0 Å². The minimum atomic E-state index is -3.19. The largest absolute Gasteiger partial charge is 0.361 e. The quantitative estimate of drug-likeness (QED) is 0.261. The van der Waals surface area contributed by atoms with Crippen LogP contribution in [0.5, 0.6) is 0 Å². The number of rotatable bonds is 5. The maximum atomic E-state index is 15.3. The van der Waals surface area contributed by atoms with E-state index < -0.39 is 12.8 Å². The van der Waals surface area contributed by atoms with E-state index in [1.807, 2.05) is 109 Å². The first-order valence-electron chi connectivity index (χ1n) is 10.3. The molecule has 5 aromatic rings. The molecule has 0 aliphatic rings. The maximum Gasteiger partial charge on any atom is 0.154 e. The van der Waals surface area contributed by atoms with Crippen molar-refractivity contribution < 1.29 is 4.57 Å². The molecule has 0 saturated carbocycles. The van der Waals surface area contributed by atoms with Crippen LogP contribution < -0.4 is 10.6 Å². The highest BCUT2D eigenvalue weighted by molar-refractivity contribution is 7.79. The van der Waals surface area contributed by atoms with Gasteiger partial charge >= 0.3 is 0 Å². The second-order valence-electron chi connectivity index (χ2n) is 7.72. The third-order valence-electron chi connectivity index (χ3n) is 5.80. The van der Waals surface area contributed by atoms with E-state index >= 15 is 4.57 Å². The molecule has 1 atom stereocenters. The van der Waals surface area contributed by atoms with Gasteiger partial charge in [0.05, 0.1) is 5.66 Å². The molecule has 0 saturated heterocycles. The van der Waals surface area contributed by atoms with E-state index in [1.54, 1.807) is 0 Å². The van der Waals surface area contributed by atoms with Crippen molar-refractivity contribution in [2.24, 2.45) is 0 Å². The van der Waals surface area contributed by atoms with Crippen LogP contribution in [0.2, 0.25) is 10.0 Å². The van der Waals surface area contributed by atoms with Crippen LogP contribution in [0, 0.1) is 0 Å². The molecule has 0 spiro atoms. The predicted molar refractivity (Wildman–Crippen MR) is 136 cm³/mol. The first-order chi connectivity index (χ1) is 15.6. The summed E-state index contributed by atoms with van der Waals surface area (Å²) >= 11 is 12.6. The molecule has 0 amide bonds. The van der Waals surface area contributed by atoms with Crippen molar-refractivity contribution in [2.75, 3.05) is 0 Å². The second-order valence-corrected chi connectivity index (χ2v) is 11.5. The summed E-state index contributed by atoms with van der Waals surface area (Å²) in [5.41, 5.74) is 2.42. The monoisotopic (exact) mass is 475 g/mol. The summed E-state index contributed by atoms with van der Waals surface area (Å²) < 4.78 is 15.3. The van der Waals surface area contributed by atoms with Crippen molar-refractivity contribution >= 4 is 51.9 Å². The number of benzene rings is 4. The molecule has 0 radical (unpaired) electrons. The van der Waals surface area contributed by atoms with Gasteiger partial charge in [0.15, 0.2) is 7.14 Å². The summed E-state index contributed by atoms with van der Waals surface area (Å²) in [6.07, 6.45) is 1.96. The lowest BCUT2D eigenvalue weighted by atomic mass is 10.0. The molecule has 1 aromatic heterocycles. The Morgan fingerprint density at radius 1 is 0.688 bits per heavy atom. The smallest absolute Gasteiger partial charge is 0.154 e. The van der Waals surface area contributed by atoms with Crippen molar-refractivity contribution in [3.63, 3.8) is 0 Å². The Bertz CT molecular complexity index is 1370. The molecule has 0 aliphatic carbocycles. The third kappa shape index (κ3) is 3.69. The van der Waals surface area contributed by atoms with Crippen LogP contribution in [0.25, 0.3) is 10.9 Å². The molecule has 4 aromatic carbocycles. The molecule has 0 unspecified atom stereocenters. The standard InChI is InChI=1S/C27H20Cl2NOP/c28-20-13-11-19(12-14-20)27(25-18-30-26-16-15-21(29)17-24(25)26)32(31,22-7-3-1-4-8-22)23-9-5-2-6-10-23/h1-18,27,30H/t27-/m1/s1.